The molecule has 5 nitrogen and oxygen atoms in total. The number of pyridine rings is 1. The van der Waals surface area contributed by atoms with Crippen molar-refractivity contribution in [2.75, 3.05) is 6.54 Å². The molecule has 0 atom stereocenters. The van der Waals surface area contributed by atoms with Crippen molar-refractivity contribution in [3.63, 3.8) is 0 Å². The molecule has 1 aromatic heterocycles. The van der Waals surface area contributed by atoms with E-state index < -0.39 is 11.7 Å². The predicted molar refractivity (Wildman–Crippen MR) is 72.8 cm³/mol. The van der Waals surface area contributed by atoms with Crippen molar-refractivity contribution in [2.45, 2.75) is 32.8 Å². The van der Waals surface area contributed by atoms with E-state index in [4.69, 9.17) is 4.74 Å². The van der Waals surface area contributed by atoms with Gasteiger partial charge in [-0.3, -0.25) is 4.79 Å². The molecule has 5 heteroatoms. The third-order valence-electron chi connectivity index (χ3n) is 1.94. The van der Waals surface area contributed by atoms with Crippen LogP contribution in [0.3, 0.4) is 0 Å². The van der Waals surface area contributed by atoms with Gasteiger partial charge in [-0.05, 0) is 26.8 Å². The number of hydrogen-bond donors (Lipinski definition) is 2. The van der Waals surface area contributed by atoms with E-state index in [9.17, 15) is 9.59 Å². The van der Waals surface area contributed by atoms with Gasteiger partial charge in [0.1, 0.15) is 5.60 Å². The Morgan fingerprint density at radius 1 is 1.42 bits per heavy atom. The van der Waals surface area contributed by atoms with E-state index in [1.165, 1.54) is 6.07 Å². The quantitative estimate of drug-likeness (QED) is 0.628. The highest BCUT2D eigenvalue weighted by Crippen LogP contribution is 2.06. The lowest BCUT2D eigenvalue weighted by Gasteiger charge is -2.19. The van der Waals surface area contributed by atoms with Crippen LogP contribution < -0.4 is 10.9 Å². The summed E-state index contributed by atoms with van der Waals surface area (Å²) in [6.45, 7) is 5.85. The van der Waals surface area contributed by atoms with Crippen LogP contribution in [0.15, 0.2) is 23.1 Å². The Morgan fingerprint density at radius 2 is 2.16 bits per heavy atom. The fourth-order valence-corrected chi connectivity index (χ4v) is 1.19. The zero-order valence-electron chi connectivity index (χ0n) is 11.4. The largest absolute Gasteiger partial charge is 0.444 e. The number of carbonyl (C=O) groups is 1. The number of carbonyl (C=O) groups excluding carboxylic acids is 1. The molecule has 1 rings (SSSR count). The Morgan fingerprint density at radius 3 is 2.74 bits per heavy atom. The van der Waals surface area contributed by atoms with Crippen LogP contribution in [0.5, 0.6) is 0 Å². The van der Waals surface area contributed by atoms with Crippen molar-refractivity contribution < 1.29 is 9.53 Å². The van der Waals surface area contributed by atoms with Gasteiger partial charge in [-0.25, -0.2) is 4.79 Å². The van der Waals surface area contributed by atoms with Gasteiger partial charge in [0.2, 0.25) is 5.56 Å². The summed E-state index contributed by atoms with van der Waals surface area (Å²) in [4.78, 5) is 24.7. The molecule has 0 aliphatic rings. The summed E-state index contributed by atoms with van der Waals surface area (Å²) in [5.74, 6) is 5.78. The van der Waals surface area contributed by atoms with Crippen LogP contribution in [0.2, 0.25) is 0 Å². The molecule has 102 valence electrons. The summed E-state index contributed by atoms with van der Waals surface area (Å²) < 4.78 is 5.08. The lowest BCUT2D eigenvalue weighted by atomic mass is 10.2. The van der Waals surface area contributed by atoms with Crippen LogP contribution >= 0.6 is 0 Å². The standard InChI is InChI=1S/C14H18N2O3/c1-14(2,3)19-13(18)15-9-5-4-6-11-7-8-12(17)16-10-11/h7-8,10H,5,9H2,1-3H3,(H,15,18)(H,16,17). The Bertz CT molecular complexity index is 524. The molecule has 0 aliphatic heterocycles. The molecule has 19 heavy (non-hydrogen) atoms. The topological polar surface area (TPSA) is 71.2 Å². The van der Waals surface area contributed by atoms with Crippen LogP contribution in [-0.2, 0) is 4.74 Å². The van der Waals surface area contributed by atoms with Crippen LogP contribution in [0.25, 0.3) is 0 Å². The SMILES string of the molecule is CC(C)(C)OC(=O)NCCC#Cc1ccc(=O)[nH]c1. The van der Waals surface area contributed by atoms with Gasteiger partial charge < -0.3 is 15.0 Å². The first-order valence-electron chi connectivity index (χ1n) is 6.01. The van der Waals surface area contributed by atoms with Crippen LogP contribution in [0, 0.1) is 11.8 Å². The maximum absolute atomic E-state index is 11.3. The van der Waals surface area contributed by atoms with Crippen LogP contribution in [-0.4, -0.2) is 23.2 Å². The molecule has 2 N–H and O–H groups in total. The number of H-pyrrole nitrogens is 1. The lowest BCUT2D eigenvalue weighted by molar-refractivity contribution is 0.0529. The van der Waals surface area contributed by atoms with Crippen LogP contribution in [0.1, 0.15) is 32.8 Å². The normalized spacial score (nSPS) is 10.3. The van der Waals surface area contributed by atoms with Gasteiger partial charge in [-0.15, -0.1) is 0 Å². The summed E-state index contributed by atoms with van der Waals surface area (Å²) >= 11 is 0. The van der Waals surface area contributed by atoms with Crippen molar-refractivity contribution in [3.8, 4) is 11.8 Å². The molecule has 1 aromatic rings. The van der Waals surface area contributed by atoms with E-state index >= 15 is 0 Å². The van der Waals surface area contributed by atoms with E-state index in [-0.39, 0.29) is 5.56 Å². The van der Waals surface area contributed by atoms with E-state index in [2.05, 4.69) is 22.1 Å². The van der Waals surface area contributed by atoms with Crippen LogP contribution in [0.4, 0.5) is 4.79 Å². The molecule has 0 saturated carbocycles. The third kappa shape index (κ3) is 6.94. The zero-order valence-corrected chi connectivity index (χ0v) is 11.4. The van der Waals surface area contributed by atoms with Gasteiger partial charge in [0, 0.05) is 30.8 Å². The highest BCUT2D eigenvalue weighted by molar-refractivity contribution is 5.67. The summed E-state index contributed by atoms with van der Waals surface area (Å²) in [5, 5.41) is 2.61. The molecule has 1 heterocycles. The molecular weight excluding hydrogens is 244 g/mol. The molecule has 0 unspecified atom stereocenters. The molecule has 0 bridgehead atoms. The van der Waals surface area contributed by atoms with E-state index in [0.717, 1.165) is 5.56 Å². The van der Waals surface area contributed by atoms with Crippen molar-refractivity contribution in [2.24, 2.45) is 0 Å². The maximum atomic E-state index is 11.3. The first-order valence-corrected chi connectivity index (χ1v) is 6.01. The van der Waals surface area contributed by atoms with Crippen molar-refractivity contribution >= 4 is 6.09 Å². The highest BCUT2D eigenvalue weighted by atomic mass is 16.6. The predicted octanol–water partition coefficient (Wildman–Crippen LogP) is 1.64. The first-order chi connectivity index (χ1) is 8.87. The average molecular weight is 262 g/mol. The number of aromatic nitrogens is 1. The molecule has 0 spiro atoms. The number of amides is 1. The van der Waals surface area contributed by atoms with E-state index in [1.54, 1.807) is 12.3 Å². The lowest BCUT2D eigenvalue weighted by Crippen LogP contribution is -2.32. The number of hydrogen-bond acceptors (Lipinski definition) is 3. The summed E-state index contributed by atoms with van der Waals surface area (Å²) in [7, 11) is 0. The van der Waals surface area contributed by atoms with Gasteiger partial charge >= 0.3 is 6.09 Å². The molecule has 0 aromatic carbocycles. The second-order valence-electron chi connectivity index (χ2n) is 4.92. The Kier molecular flexibility index (Phi) is 5.19. The Labute approximate surface area is 112 Å². The minimum atomic E-state index is -0.494. The number of alkyl carbamates (subject to hydrolysis) is 1. The van der Waals surface area contributed by atoms with E-state index in [0.29, 0.717) is 13.0 Å². The fourth-order valence-electron chi connectivity index (χ4n) is 1.19. The highest BCUT2D eigenvalue weighted by Gasteiger charge is 2.15. The van der Waals surface area contributed by atoms with Gasteiger partial charge in [-0.2, -0.15) is 0 Å². The monoisotopic (exact) mass is 262 g/mol. The van der Waals surface area contributed by atoms with Gasteiger partial charge in [-0.1, -0.05) is 11.8 Å². The summed E-state index contributed by atoms with van der Waals surface area (Å²) in [6.07, 6.45) is 1.62. The van der Waals surface area contributed by atoms with Crippen molar-refractivity contribution in [1.29, 1.82) is 0 Å². The average Bonchev–Trinajstić information content (AvgIpc) is 2.29. The molecular formula is C14H18N2O3. The molecule has 0 radical (unpaired) electrons. The van der Waals surface area contributed by atoms with E-state index in [1.807, 2.05) is 20.8 Å². The fraction of sp³-hybridized carbons (Fsp3) is 0.429. The zero-order chi connectivity index (χ0) is 14.3. The summed E-state index contributed by atoms with van der Waals surface area (Å²) in [5.41, 5.74) is 0.0834. The molecule has 0 aliphatic carbocycles. The number of ether oxygens (including phenoxy) is 1. The molecule has 0 fully saturated rings. The minimum Gasteiger partial charge on any atom is -0.444 e. The number of rotatable bonds is 2. The van der Waals surface area contributed by atoms with Gasteiger partial charge in [0.05, 0.1) is 0 Å². The number of nitrogens with one attached hydrogen (secondary N) is 2. The minimum absolute atomic E-state index is 0.155. The Hall–Kier alpha value is -2.22. The summed E-state index contributed by atoms with van der Waals surface area (Å²) in [6, 6.07) is 3.07. The number of aromatic amines is 1. The molecule has 0 saturated heterocycles. The van der Waals surface area contributed by atoms with Gasteiger partial charge in [0.15, 0.2) is 0 Å². The van der Waals surface area contributed by atoms with Crippen molar-refractivity contribution in [3.05, 3.63) is 34.2 Å². The maximum Gasteiger partial charge on any atom is 0.407 e. The second-order valence-corrected chi connectivity index (χ2v) is 4.92. The van der Waals surface area contributed by atoms with Crippen molar-refractivity contribution in [1.82, 2.24) is 10.3 Å². The first kappa shape index (κ1) is 14.8. The molecule has 1 amide bonds. The smallest absolute Gasteiger partial charge is 0.407 e. The van der Waals surface area contributed by atoms with Gasteiger partial charge in [0.25, 0.3) is 0 Å². The third-order valence-corrected chi connectivity index (χ3v) is 1.94. The Balaban J connectivity index is 2.30. The second kappa shape index (κ2) is 6.64.